The number of nitrogens with two attached hydrogens (primary N) is 1. The Hall–Kier alpha value is -2.29. The molecule has 2 atom stereocenters. The van der Waals surface area contributed by atoms with Gasteiger partial charge in [-0.15, -0.1) is 0 Å². The highest BCUT2D eigenvalue weighted by Crippen LogP contribution is 2.41. The van der Waals surface area contributed by atoms with Gasteiger partial charge in [0.15, 0.2) is 0 Å². The molecule has 3 aromatic rings. The molecule has 3 heteroatoms. The van der Waals surface area contributed by atoms with Crippen LogP contribution in [0.25, 0.3) is 11.1 Å². The molecular weight excluding hydrogens is 342 g/mol. The Morgan fingerprint density at radius 2 is 1.85 bits per heavy atom. The molecule has 0 saturated carbocycles. The summed E-state index contributed by atoms with van der Waals surface area (Å²) in [6.07, 6.45) is 1.66. The number of para-hydroxylation sites is 1. The first kappa shape index (κ1) is 17.1. The number of benzene rings is 3. The molecule has 0 fully saturated rings. The Balaban J connectivity index is 1.59. The van der Waals surface area contributed by atoms with Crippen molar-refractivity contribution in [2.24, 2.45) is 5.73 Å². The molecule has 132 valence electrons. The molecule has 0 aromatic heterocycles. The van der Waals surface area contributed by atoms with Crippen molar-refractivity contribution in [1.29, 1.82) is 0 Å². The lowest BCUT2D eigenvalue weighted by Gasteiger charge is -2.20. The van der Waals surface area contributed by atoms with Crippen LogP contribution in [0.15, 0.2) is 66.7 Å². The molecule has 2 nitrogen and oxygen atoms in total. The van der Waals surface area contributed by atoms with Gasteiger partial charge in [-0.25, -0.2) is 0 Å². The molecule has 0 bridgehead atoms. The minimum atomic E-state index is -0.0380. The minimum absolute atomic E-state index is 0.000961. The van der Waals surface area contributed by atoms with Crippen molar-refractivity contribution in [3.8, 4) is 16.9 Å². The summed E-state index contributed by atoms with van der Waals surface area (Å²) in [5, 5.41) is 0.752. The van der Waals surface area contributed by atoms with Crippen LogP contribution in [0.4, 0.5) is 0 Å². The van der Waals surface area contributed by atoms with Crippen LogP contribution in [-0.2, 0) is 12.8 Å². The van der Waals surface area contributed by atoms with Gasteiger partial charge in [-0.1, -0.05) is 66.2 Å². The van der Waals surface area contributed by atoms with Crippen molar-refractivity contribution >= 4 is 11.6 Å². The molecular formula is C23H22ClNO. The van der Waals surface area contributed by atoms with Gasteiger partial charge in [0, 0.05) is 23.0 Å². The van der Waals surface area contributed by atoms with E-state index < -0.39 is 0 Å². The van der Waals surface area contributed by atoms with Crippen LogP contribution >= 0.6 is 11.6 Å². The summed E-state index contributed by atoms with van der Waals surface area (Å²) in [6.45, 7) is 2.08. The van der Waals surface area contributed by atoms with Gasteiger partial charge in [0.1, 0.15) is 11.9 Å². The summed E-state index contributed by atoms with van der Waals surface area (Å²) in [5.41, 5.74) is 12.4. The van der Waals surface area contributed by atoms with Crippen molar-refractivity contribution in [3.05, 3.63) is 88.4 Å². The first-order valence-corrected chi connectivity index (χ1v) is 9.34. The van der Waals surface area contributed by atoms with Crippen LogP contribution in [0.2, 0.25) is 5.02 Å². The van der Waals surface area contributed by atoms with E-state index in [0.29, 0.717) is 0 Å². The minimum Gasteiger partial charge on any atom is -0.488 e. The first-order chi connectivity index (χ1) is 12.6. The van der Waals surface area contributed by atoms with Gasteiger partial charge in [0.05, 0.1) is 0 Å². The number of ether oxygens (including phenoxy) is 1. The largest absolute Gasteiger partial charge is 0.488 e. The lowest BCUT2D eigenvalue weighted by Crippen LogP contribution is -2.39. The Bertz CT molecular complexity index is 923. The molecule has 2 N–H and O–H groups in total. The van der Waals surface area contributed by atoms with E-state index in [1.54, 1.807) is 0 Å². The summed E-state index contributed by atoms with van der Waals surface area (Å²) >= 11 is 6.12. The number of rotatable bonds is 4. The van der Waals surface area contributed by atoms with Gasteiger partial charge in [-0.2, -0.15) is 0 Å². The molecule has 2 unspecified atom stereocenters. The van der Waals surface area contributed by atoms with Crippen LogP contribution in [0.3, 0.4) is 0 Å². The third kappa shape index (κ3) is 3.35. The summed E-state index contributed by atoms with van der Waals surface area (Å²) < 4.78 is 6.35. The number of halogens is 1. The Morgan fingerprint density at radius 3 is 2.62 bits per heavy atom. The molecule has 0 aliphatic carbocycles. The molecule has 1 aliphatic rings. The predicted octanol–water partition coefficient (Wildman–Crippen LogP) is 5.19. The monoisotopic (exact) mass is 363 g/mol. The van der Waals surface area contributed by atoms with E-state index in [4.69, 9.17) is 22.1 Å². The summed E-state index contributed by atoms with van der Waals surface area (Å²) in [7, 11) is 0. The third-order valence-corrected chi connectivity index (χ3v) is 5.29. The molecule has 0 saturated heterocycles. The molecule has 3 aromatic carbocycles. The molecule has 1 aliphatic heterocycles. The molecule has 4 rings (SSSR count). The Labute approximate surface area is 159 Å². The SMILES string of the molecule is Cc1cc(Cl)ccc1-c1cccc2c1OC(C(N)Cc1ccccc1)C2. The standard InChI is InChI=1S/C23H22ClNO/c1-15-12-18(24)10-11-19(15)20-9-5-8-17-14-22(26-23(17)20)21(25)13-16-6-3-2-4-7-16/h2-12,21-22H,13-14,25H2,1H3. The number of hydrogen-bond donors (Lipinski definition) is 1. The highest BCUT2D eigenvalue weighted by atomic mass is 35.5. The topological polar surface area (TPSA) is 35.2 Å². The molecule has 0 spiro atoms. The van der Waals surface area contributed by atoms with Crippen molar-refractivity contribution in [3.63, 3.8) is 0 Å². The number of aryl methyl sites for hydroxylation is 1. The second-order valence-corrected chi connectivity index (χ2v) is 7.40. The maximum absolute atomic E-state index is 6.49. The Morgan fingerprint density at radius 1 is 1.04 bits per heavy atom. The molecule has 1 heterocycles. The third-order valence-electron chi connectivity index (χ3n) is 5.06. The van der Waals surface area contributed by atoms with Gasteiger partial charge >= 0.3 is 0 Å². The lowest BCUT2D eigenvalue weighted by molar-refractivity contribution is 0.199. The van der Waals surface area contributed by atoms with E-state index in [1.807, 2.05) is 30.3 Å². The fraction of sp³-hybridized carbons (Fsp3) is 0.217. The van der Waals surface area contributed by atoms with E-state index in [9.17, 15) is 0 Å². The predicted molar refractivity (Wildman–Crippen MR) is 108 cm³/mol. The fourth-order valence-corrected chi connectivity index (χ4v) is 3.92. The van der Waals surface area contributed by atoms with Crippen LogP contribution in [-0.4, -0.2) is 12.1 Å². The zero-order valence-electron chi connectivity index (χ0n) is 14.8. The summed E-state index contributed by atoms with van der Waals surface area (Å²) in [4.78, 5) is 0. The van der Waals surface area contributed by atoms with E-state index >= 15 is 0 Å². The smallest absolute Gasteiger partial charge is 0.130 e. The average Bonchev–Trinajstić information content (AvgIpc) is 3.07. The van der Waals surface area contributed by atoms with Gasteiger partial charge in [0.2, 0.25) is 0 Å². The highest BCUT2D eigenvalue weighted by molar-refractivity contribution is 6.30. The number of fused-ring (bicyclic) bond motifs is 1. The second kappa shape index (κ2) is 7.14. The van der Waals surface area contributed by atoms with Crippen LogP contribution in [0.5, 0.6) is 5.75 Å². The fourth-order valence-electron chi connectivity index (χ4n) is 3.69. The van der Waals surface area contributed by atoms with E-state index in [1.165, 1.54) is 11.1 Å². The van der Waals surface area contributed by atoms with Crippen molar-refractivity contribution in [2.75, 3.05) is 0 Å². The van der Waals surface area contributed by atoms with Crippen molar-refractivity contribution in [2.45, 2.75) is 31.9 Å². The second-order valence-electron chi connectivity index (χ2n) is 6.97. The zero-order valence-corrected chi connectivity index (χ0v) is 15.5. The van der Waals surface area contributed by atoms with Gasteiger partial charge in [-0.3, -0.25) is 0 Å². The highest BCUT2D eigenvalue weighted by Gasteiger charge is 2.30. The van der Waals surface area contributed by atoms with E-state index in [2.05, 4.69) is 43.3 Å². The van der Waals surface area contributed by atoms with Gasteiger partial charge in [0.25, 0.3) is 0 Å². The van der Waals surface area contributed by atoms with E-state index in [-0.39, 0.29) is 12.1 Å². The van der Waals surface area contributed by atoms with Crippen molar-refractivity contribution < 1.29 is 4.74 Å². The Kier molecular flexibility index (Phi) is 4.71. The molecule has 0 radical (unpaired) electrons. The quantitative estimate of drug-likeness (QED) is 0.692. The van der Waals surface area contributed by atoms with Crippen molar-refractivity contribution in [1.82, 2.24) is 0 Å². The van der Waals surface area contributed by atoms with Crippen LogP contribution < -0.4 is 10.5 Å². The van der Waals surface area contributed by atoms with Crippen LogP contribution in [0.1, 0.15) is 16.7 Å². The lowest BCUT2D eigenvalue weighted by atomic mass is 9.95. The number of hydrogen-bond acceptors (Lipinski definition) is 2. The first-order valence-electron chi connectivity index (χ1n) is 8.96. The van der Waals surface area contributed by atoms with Gasteiger partial charge in [-0.05, 0) is 47.7 Å². The maximum atomic E-state index is 6.49. The zero-order chi connectivity index (χ0) is 18.1. The van der Waals surface area contributed by atoms with Crippen LogP contribution in [0, 0.1) is 6.92 Å². The average molecular weight is 364 g/mol. The van der Waals surface area contributed by atoms with E-state index in [0.717, 1.165) is 40.3 Å². The summed E-state index contributed by atoms with van der Waals surface area (Å²) in [5.74, 6) is 0.964. The molecule has 26 heavy (non-hydrogen) atoms. The van der Waals surface area contributed by atoms with Gasteiger partial charge < -0.3 is 10.5 Å². The normalized spacial score (nSPS) is 16.8. The molecule has 0 amide bonds. The summed E-state index contributed by atoms with van der Waals surface area (Å²) in [6, 6.07) is 22.6. The maximum Gasteiger partial charge on any atom is 0.130 e.